The molecule has 4 aromatic rings. The second kappa shape index (κ2) is 8.41. The first-order valence-corrected chi connectivity index (χ1v) is 19.8. The zero-order valence-electron chi connectivity index (χ0n) is 20.3. The zero-order chi connectivity index (χ0) is 24.9. The molecule has 4 aromatic carbocycles. The molecule has 4 nitrogen and oxygen atoms in total. The molecular weight excluding hydrogens is 500 g/mol. The summed E-state index contributed by atoms with van der Waals surface area (Å²) in [6.45, 7) is 5.30. The van der Waals surface area contributed by atoms with Gasteiger partial charge in [0.1, 0.15) is 0 Å². The maximum absolute atomic E-state index is 12.4. The van der Waals surface area contributed by atoms with Crippen LogP contribution in [0.2, 0.25) is 13.1 Å². The topological polar surface area (TPSA) is 52.6 Å². The molecule has 0 radical (unpaired) electrons. The average Bonchev–Trinajstić information content (AvgIpc) is 3.47. The van der Waals surface area contributed by atoms with Crippen LogP contribution < -0.4 is 7.74 Å². The average molecular weight is 526 g/mol. The molecule has 178 valence electrons. The van der Waals surface area contributed by atoms with Gasteiger partial charge in [-0.2, -0.15) is 0 Å². The van der Waals surface area contributed by atoms with Crippen molar-refractivity contribution in [1.29, 1.82) is 0 Å². The van der Waals surface area contributed by atoms with Crippen molar-refractivity contribution in [2.45, 2.75) is 25.9 Å². The number of carbonyl (C=O) groups is 2. The van der Waals surface area contributed by atoms with Crippen LogP contribution >= 0.6 is 0 Å². The summed E-state index contributed by atoms with van der Waals surface area (Å²) in [4.78, 5) is 24.9. The minimum atomic E-state index is -5.22. The van der Waals surface area contributed by atoms with Gasteiger partial charge >= 0.3 is 213 Å². The summed E-state index contributed by atoms with van der Waals surface area (Å²) in [5, 5.41) is 0. The summed E-state index contributed by atoms with van der Waals surface area (Å²) >= 11 is -5.22. The van der Waals surface area contributed by atoms with E-state index in [9.17, 15) is 9.59 Å². The summed E-state index contributed by atoms with van der Waals surface area (Å²) in [6.07, 6.45) is -0.115. The number of hydrogen-bond donors (Lipinski definition) is 0. The quantitative estimate of drug-likeness (QED) is 0.229. The van der Waals surface area contributed by atoms with E-state index in [2.05, 4.69) is 61.6 Å². The van der Waals surface area contributed by atoms with Gasteiger partial charge in [0.05, 0.1) is 0 Å². The number of fused-ring (bicyclic) bond motifs is 6. The molecule has 0 saturated heterocycles. The fourth-order valence-corrected chi connectivity index (χ4v) is 23.2. The first-order chi connectivity index (χ1) is 17.5. The van der Waals surface area contributed by atoms with Gasteiger partial charge in [0.25, 0.3) is 0 Å². The zero-order valence-corrected chi connectivity index (χ0v) is 22.8. The number of rotatable bonds is 6. The van der Waals surface area contributed by atoms with E-state index < -0.39 is 21.0 Å². The van der Waals surface area contributed by atoms with Gasteiger partial charge in [0, 0.05) is 0 Å². The van der Waals surface area contributed by atoms with E-state index >= 15 is 0 Å². The monoisotopic (exact) mass is 526 g/mol. The Labute approximate surface area is 212 Å². The number of hydrogen-bond acceptors (Lipinski definition) is 4. The van der Waals surface area contributed by atoms with E-state index in [0.29, 0.717) is 12.9 Å². The predicted octanol–water partition coefficient (Wildman–Crippen LogP) is 4.90. The third-order valence-electron chi connectivity index (χ3n) is 8.13. The van der Waals surface area contributed by atoms with E-state index in [0.717, 1.165) is 42.8 Å². The van der Waals surface area contributed by atoms with Crippen molar-refractivity contribution in [2.75, 3.05) is 0 Å². The van der Waals surface area contributed by atoms with E-state index in [4.69, 9.17) is 6.64 Å². The van der Waals surface area contributed by atoms with Crippen molar-refractivity contribution in [1.82, 2.24) is 0 Å². The Morgan fingerprint density at radius 3 is 1.44 bits per heavy atom. The van der Waals surface area contributed by atoms with Crippen LogP contribution in [0.25, 0.3) is 22.3 Å². The van der Waals surface area contributed by atoms with Gasteiger partial charge in [-0.25, -0.2) is 0 Å². The van der Waals surface area contributed by atoms with Crippen molar-refractivity contribution in [2.24, 2.45) is 0 Å². The molecule has 0 aromatic heterocycles. The molecule has 0 atom stereocenters. The van der Waals surface area contributed by atoms with Gasteiger partial charge in [-0.3, -0.25) is 0 Å². The van der Waals surface area contributed by atoms with Gasteiger partial charge < -0.3 is 0 Å². The molecule has 0 N–H and O–H groups in total. The van der Waals surface area contributed by atoms with Crippen LogP contribution in [0, 0.1) is 0 Å². The van der Waals surface area contributed by atoms with E-state index in [-0.39, 0.29) is 0 Å². The van der Waals surface area contributed by atoms with Crippen LogP contribution in [0.5, 0.6) is 0 Å². The maximum atomic E-state index is 12.4. The fourth-order valence-electron chi connectivity index (χ4n) is 6.55. The number of benzene rings is 4. The van der Waals surface area contributed by atoms with Crippen LogP contribution in [0.1, 0.15) is 22.3 Å². The molecule has 0 saturated carbocycles. The Bertz CT molecular complexity index is 1530. The third-order valence-corrected chi connectivity index (χ3v) is 27.9. The van der Waals surface area contributed by atoms with Crippen molar-refractivity contribution in [3.63, 3.8) is 0 Å². The second-order valence-electron chi connectivity index (χ2n) is 9.83. The van der Waals surface area contributed by atoms with Gasteiger partial charge in [-0.05, 0) is 0 Å². The molecule has 0 aliphatic heterocycles. The molecule has 0 amide bonds. The molecule has 6 rings (SSSR count). The Balaban J connectivity index is 1.76. The summed E-state index contributed by atoms with van der Waals surface area (Å²) in [6, 6.07) is 29.1. The molecule has 6 heteroatoms. The van der Waals surface area contributed by atoms with Crippen molar-refractivity contribution in [3.05, 3.63) is 107 Å². The summed E-state index contributed by atoms with van der Waals surface area (Å²) < 4.78 is 14.7. The minimum absolute atomic E-state index is 0.529. The summed E-state index contributed by atoms with van der Waals surface area (Å²) in [5.41, 5.74) is 9.31. The second-order valence-corrected chi connectivity index (χ2v) is 26.0. The first kappa shape index (κ1) is 23.2. The molecule has 0 heterocycles. The van der Waals surface area contributed by atoms with Gasteiger partial charge in [-0.1, -0.05) is 0 Å². The molecule has 2 aliphatic rings. The van der Waals surface area contributed by atoms with E-state index in [1.807, 2.05) is 36.4 Å². The molecule has 0 fully saturated rings. The summed E-state index contributed by atoms with van der Waals surface area (Å²) in [7, 11) is 0. The van der Waals surface area contributed by atoms with Crippen LogP contribution in [0.4, 0.5) is 0 Å². The Morgan fingerprint density at radius 1 is 0.611 bits per heavy atom. The molecule has 0 bridgehead atoms. The van der Waals surface area contributed by atoms with Crippen LogP contribution in [-0.4, -0.2) is 19.1 Å². The van der Waals surface area contributed by atoms with Crippen LogP contribution in [0.15, 0.2) is 84.9 Å². The Kier molecular flexibility index (Phi) is 5.41. The van der Waals surface area contributed by atoms with Crippen molar-refractivity contribution >= 4 is 26.9 Å². The van der Waals surface area contributed by atoms with Crippen molar-refractivity contribution < 1.29 is 31.0 Å². The van der Waals surface area contributed by atoms with Crippen molar-refractivity contribution in [3.8, 4) is 22.3 Å². The normalized spacial score (nSPS) is 13.2. The molecule has 0 spiro atoms. The third kappa shape index (κ3) is 2.91. The van der Waals surface area contributed by atoms with Crippen LogP contribution in [-0.2, 0) is 43.9 Å². The standard InChI is InChI=1S/2C13H9.C2H6Si.2CH2O2.Ti/c2*1-3-7-12-10(5-1)9-11-6-2-4-8-13(11)12;1-3-2;2*2-1-3;/h2*1-5,7-8H,9H2;1-2H3;2*1H,(H,2,3);/q;;;;;+2/p-2. The Morgan fingerprint density at radius 2 is 1.03 bits per heavy atom. The Hall–Kier alpha value is -3.25. The SMILES string of the molecule is C[Si](C)=[Ti]([O]C=O)([O]C=O)([c]1cccc2c1Cc1ccccc1-2)[c]1cccc2c1Cc1ccccc1-2. The molecular formula is C30H26O4SiTi. The molecule has 2 aliphatic carbocycles. The first-order valence-electron chi connectivity index (χ1n) is 12.2. The fraction of sp³-hybridized carbons (Fsp3) is 0.133. The number of carbonyl (C=O) groups excluding carboxylic acids is 2. The van der Waals surface area contributed by atoms with E-state index in [1.54, 1.807) is 0 Å². The summed E-state index contributed by atoms with van der Waals surface area (Å²) in [5.74, 6) is 0. The predicted molar refractivity (Wildman–Crippen MR) is 140 cm³/mol. The van der Waals surface area contributed by atoms with Gasteiger partial charge in [0.15, 0.2) is 0 Å². The van der Waals surface area contributed by atoms with Gasteiger partial charge in [0.2, 0.25) is 0 Å². The molecule has 0 unspecified atom stereocenters. The van der Waals surface area contributed by atoms with E-state index in [1.165, 1.54) is 22.3 Å². The van der Waals surface area contributed by atoms with Crippen LogP contribution in [0.3, 0.4) is 0 Å². The molecule has 36 heavy (non-hydrogen) atoms. The van der Waals surface area contributed by atoms with Gasteiger partial charge in [-0.15, -0.1) is 0 Å².